The molecule has 1 aromatic heterocycles. The Hall–Kier alpha value is -1.25. The van der Waals surface area contributed by atoms with Crippen LogP contribution >= 0.6 is 0 Å². The Morgan fingerprint density at radius 1 is 1.31 bits per heavy atom. The average molecular weight is 220 g/mol. The summed E-state index contributed by atoms with van der Waals surface area (Å²) in [6.45, 7) is 2.76. The molecule has 0 saturated heterocycles. The number of aromatic nitrogens is 1. The van der Waals surface area contributed by atoms with E-state index >= 15 is 0 Å². The molecule has 0 atom stereocenters. The lowest BCUT2D eigenvalue weighted by molar-refractivity contribution is 0.421. The van der Waals surface area contributed by atoms with E-state index in [9.17, 15) is 4.79 Å². The van der Waals surface area contributed by atoms with E-state index in [4.69, 9.17) is 5.73 Å². The SMILES string of the molecule is CCn1c(C2CCCCC2)cc(N)cc1=O. The van der Waals surface area contributed by atoms with E-state index in [1.807, 2.05) is 17.6 Å². The molecule has 3 heteroatoms. The minimum absolute atomic E-state index is 0.0445. The van der Waals surface area contributed by atoms with Gasteiger partial charge in [0.1, 0.15) is 0 Å². The van der Waals surface area contributed by atoms with Crippen LogP contribution in [0.15, 0.2) is 16.9 Å². The molecular formula is C13H20N2O. The van der Waals surface area contributed by atoms with E-state index in [2.05, 4.69) is 0 Å². The minimum Gasteiger partial charge on any atom is -0.399 e. The zero-order valence-corrected chi connectivity index (χ0v) is 9.91. The van der Waals surface area contributed by atoms with Crippen LogP contribution in [-0.4, -0.2) is 4.57 Å². The first-order valence-corrected chi connectivity index (χ1v) is 6.22. The van der Waals surface area contributed by atoms with Crippen molar-refractivity contribution in [1.82, 2.24) is 4.57 Å². The normalized spacial score (nSPS) is 17.6. The molecule has 0 bridgehead atoms. The van der Waals surface area contributed by atoms with Crippen LogP contribution in [0, 0.1) is 0 Å². The van der Waals surface area contributed by atoms with E-state index in [0.717, 1.165) is 12.2 Å². The zero-order valence-electron chi connectivity index (χ0n) is 9.91. The fourth-order valence-corrected chi connectivity index (χ4v) is 2.71. The van der Waals surface area contributed by atoms with Gasteiger partial charge in [-0.1, -0.05) is 19.3 Å². The fraction of sp³-hybridized carbons (Fsp3) is 0.615. The predicted octanol–water partition coefficient (Wildman–Crippen LogP) is 2.50. The van der Waals surface area contributed by atoms with Gasteiger partial charge in [0.15, 0.2) is 0 Å². The van der Waals surface area contributed by atoms with E-state index in [1.165, 1.54) is 38.2 Å². The Morgan fingerprint density at radius 3 is 2.62 bits per heavy atom. The lowest BCUT2D eigenvalue weighted by atomic mass is 9.86. The molecule has 3 nitrogen and oxygen atoms in total. The maximum Gasteiger partial charge on any atom is 0.252 e. The Labute approximate surface area is 96.3 Å². The number of anilines is 1. The van der Waals surface area contributed by atoms with Gasteiger partial charge in [0.2, 0.25) is 0 Å². The summed E-state index contributed by atoms with van der Waals surface area (Å²) < 4.78 is 1.87. The zero-order chi connectivity index (χ0) is 11.5. The molecule has 1 aliphatic rings. The standard InChI is InChI=1S/C13H20N2O/c1-2-15-12(8-11(14)9-13(15)16)10-6-4-3-5-7-10/h8-10H,2-7,14H2,1H3. The second-order valence-corrected chi connectivity index (χ2v) is 4.63. The number of nitrogens with two attached hydrogens (primary N) is 1. The van der Waals surface area contributed by atoms with Gasteiger partial charge >= 0.3 is 0 Å². The van der Waals surface area contributed by atoms with E-state index in [1.54, 1.807) is 0 Å². The summed E-state index contributed by atoms with van der Waals surface area (Å²) in [6.07, 6.45) is 6.27. The summed E-state index contributed by atoms with van der Waals surface area (Å²) in [5.74, 6) is 0.532. The first-order valence-electron chi connectivity index (χ1n) is 6.22. The molecule has 2 rings (SSSR count). The van der Waals surface area contributed by atoms with Crippen LogP contribution in [0.4, 0.5) is 5.69 Å². The molecule has 1 heterocycles. The molecular weight excluding hydrogens is 200 g/mol. The van der Waals surface area contributed by atoms with E-state index in [-0.39, 0.29) is 5.56 Å². The van der Waals surface area contributed by atoms with Crippen molar-refractivity contribution in [3.8, 4) is 0 Å². The highest BCUT2D eigenvalue weighted by Crippen LogP contribution is 2.32. The Kier molecular flexibility index (Phi) is 3.32. The molecule has 1 aromatic rings. The van der Waals surface area contributed by atoms with Crippen LogP contribution in [-0.2, 0) is 6.54 Å². The number of hydrogen-bond acceptors (Lipinski definition) is 2. The smallest absolute Gasteiger partial charge is 0.252 e. The molecule has 1 fully saturated rings. The van der Waals surface area contributed by atoms with Crippen molar-refractivity contribution in [2.75, 3.05) is 5.73 Å². The third-order valence-electron chi connectivity index (χ3n) is 3.52. The van der Waals surface area contributed by atoms with Crippen molar-refractivity contribution >= 4 is 5.69 Å². The number of hydrogen-bond donors (Lipinski definition) is 1. The summed E-state index contributed by atoms with van der Waals surface area (Å²) in [4.78, 5) is 11.8. The Bertz CT molecular complexity index is 416. The van der Waals surface area contributed by atoms with Gasteiger partial charge in [-0.15, -0.1) is 0 Å². The third-order valence-corrected chi connectivity index (χ3v) is 3.52. The number of pyridine rings is 1. The van der Waals surface area contributed by atoms with Crippen LogP contribution in [0.25, 0.3) is 0 Å². The first-order chi connectivity index (χ1) is 7.72. The van der Waals surface area contributed by atoms with Crippen molar-refractivity contribution < 1.29 is 0 Å². The fourth-order valence-electron chi connectivity index (χ4n) is 2.71. The highest BCUT2D eigenvalue weighted by Gasteiger charge is 2.19. The second-order valence-electron chi connectivity index (χ2n) is 4.63. The molecule has 1 aliphatic carbocycles. The van der Waals surface area contributed by atoms with Crippen LogP contribution in [0.5, 0.6) is 0 Å². The van der Waals surface area contributed by atoms with E-state index < -0.39 is 0 Å². The molecule has 0 aliphatic heterocycles. The van der Waals surface area contributed by atoms with Gasteiger partial charge in [-0.2, -0.15) is 0 Å². The summed E-state index contributed by atoms with van der Waals surface area (Å²) in [6, 6.07) is 3.51. The molecule has 0 aromatic carbocycles. The average Bonchev–Trinajstić information content (AvgIpc) is 2.29. The maximum atomic E-state index is 11.8. The van der Waals surface area contributed by atoms with Crippen molar-refractivity contribution in [3.63, 3.8) is 0 Å². The molecule has 16 heavy (non-hydrogen) atoms. The lowest BCUT2D eigenvalue weighted by Crippen LogP contribution is -2.25. The van der Waals surface area contributed by atoms with Crippen LogP contribution in [0.3, 0.4) is 0 Å². The summed E-state index contributed by atoms with van der Waals surface area (Å²) in [5, 5.41) is 0. The van der Waals surface area contributed by atoms with Crippen molar-refractivity contribution in [2.24, 2.45) is 0 Å². The molecule has 1 saturated carbocycles. The van der Waals surface area contributed by atoms with Crippen molar-refractivity contribution in [1.29, 1.82) is 0 Å². The maximum absolute atomic E-state index is 11.8. The van der Waals surface area contributed by atoms with Crippen LogP contribution in [0.2, 0.25) is 0 Å². The summed E-state index contributed by atoms with van der Waals surface area (Å²) in [7, 11) is 0. The molecule has 0 spiro atoms. The number of nitrogens with zero attached hydrogens (tertiary/aromatic N) is 1. The Morgan fingerprint density at radius 2 is 2.00 bits per heavy atom. The highest BCUT2D eigenvalue weighted by atomic mass is 16.1. The van der Waals surface area contributed by atoms with Crippen LogP contribution < -0.4 is 11.3 Å². The first kappa shape index (κ1) is 11.2. The molecule has 88 valence electrons. The van der Waals surface area contributed by atoms with Gasteiger partial charge < -0.3 is 10.3 Å². The number of rotatable bonds is 2. The highest BCUT2D eigenvalue weighted by molar-refractivity contribution is 5.39. The van der Waals surface area contributed by atoms with Gasteiger partial charge in [-0.3, -0.25) is 4.79 Å². The van der Waals surface area contributed by atoms with Crippen LogP contribution in [0.1, 0.15) is 50.6 Å². The third kappa shape index (κ3) is 2.13. The lowest BCUT2D eigenvalue weighted by Gasteiger charge is -2.25. The quantitative estimate of drug-likeness (QED) is 0.832. The van der Waals surface area contributed by atoms with E-state index in [0.29, 0.717) is 11.6 Å². The molecule has 2 N–H and O–H groups in total. The van der Waals surface area contributed by atoms with Gasteiger partial charge in [0.05, 0.1) is 0 Å². The molecule has 0 unspecified atom stereocenters. The predicted molar refractivity (Wildman–Crippen MR) is 66.6 cm³/mol. The van der Waals surface area contributed by atoms with Gasteiger partial charge in [-0.25, -0.2) is 0 Å². The van der Waals surface area contributed by atoms with Gasteiger partial charge in [0.25, 0.3) is 5.56 Å². The minimum atomic E-state index is 0.0445. The molecule has 0 radical (unpaired) electrons. The Balaban J connectivity index is 2.41. The number of nitrogen functional groups attached to an aromatic ring is 1. The summed E-state index contributed by atoms with van der Waals surface area (Å²) >= 11 is 0. The monoisotopic (exact) mass is 220 g/mol. The summed E-state index contributed by atoms with van der Waals surface area (Å²) in [5.41, 5.74) is 7.57. The van der Waals surface area contributed by atoms with Gasteiger partial charge in [0, 0.05) is 24.0 Å². The van der Waals surface area contributed by atoms with Crippen molar-refractivity contribution in [2.45, 2.75) is 51.5 Å². The molecule has 0 amide bonds. The largest absolute Gasteiger partial charge is 0.399 e. The van der Waals surface area contributed by atoms with Crippen molar-refractivity contribution in [3.05, 3.63) is 28.2 Å². The van der Waals surface area contributed by atoms with Gasteiger partial charge in [-0.05, 0) is 31.7 Å². The topological polar surface area (TPSA) is 48.0 Å². The second kappa shape index (κ2) is 4.73.